The van der Waals surface area contributed by atoms with E-state index >= 15 is 0 Å². The van der Waals surface area contributed by atoms with E-state index < -0.39 is 0 Å². The van der Waals surface area contributed by atoms with Crippen molar-refractivity contribution in [2.24, 2.45) is 0 Å². The zero-order valence-corrected chi connectivity index (χ0v) is 15.5. The summed E-state index contributed by atoms with van der Waals surface area (Å²) in [7, 11) is 0. The highest BCUT2D eigenvalue weighted by Gasteiger charge is 2.22. The molecule has 1 heterocycles. The first-order valence-corrected chi connectivity index (χ1v) is 9.16. The Kier molecular flexibility index (Phi) is 5.78. The van der Waals surface area contributed by atoms with Gasteiger partial charge in [-0.1, -0.05) is 24.3 Å². The van der Waals surface area contributed by atoms with Crippen LogP contribution in [-0.2, 0) is 0 Å². The van der Waals surface area contributed by atoms with Gasteiger partial charge in [-0.15, -0.1) is 0 Å². The monoisotopic (exact) mass is 353 g/mol. The summed E-state index contributed by atoms with van der Waals surface area (Å²) in [6.07, 6.45) is 0. The first-order valence-electron chi connectivity index (χ1n) is 9.16. The van der Waals surface area contributed by atoms with Gasteiger partial charge in [-0.2, -0.15) is 0 Å². The highest BCUT2D eigenvalue weighted by atomic mass is 16.3. The summed E-state index contributed by atoms with van der Waals surface area (Å²) in [4.78, 5) is 17.1. The van der Waals surface area contributed by atoms with Crippen molar-refractivity contribution in [2.45, 2.75) is 19.9 Å². The molecular formula is C21H27N3O2. The number of hydrogen-bond donors (Lipinski definition) is 2. The van der Waals surface area contributed by atoms with Crippen LogP contribution in [-0.4, -0.2) is 54.7 Å². The Balaban J connectivity index is 1.48. The van der Waals surface area contributed by atoms with Crippen LogP contribution in [0.2, 0.25) is 0 Å². The van der Waals surface area contributed by atoms with E-state index in [-0.39, 0.29) is 17.7 Å². The van der Waals surface area contributed by atoms with Crippen LogP contribution in [0, 0.1) is 6.92 Å². The molecule has 0 saturated carbocycles. The maximum Gasteiger partial charge on any atom is 0.255 e. The number of hydrogen-bond acceptors (Lipinski definition) is 4. The molecule has 1 fully saturated rings. The second kappa shape index (κ2) is 8.23. The number of aryl methyl sites for hydroxylation is 1. The number of benzene rings is 2. The lowest BCUT2D eigenvalue weighted by atomic mass is 10.1. The number of phenols is 1. The number of phenolic OH excluding ortho intramolecular Hbond substituents is 1. The van der Waals surface area contributed by atoms with Gasteiger partial charge in [-0.05, 0) is 43.7 Å². The van der Waals surface area contributed by atoms with Gasteiger partial charge < -0.3 is 15.3 Å². The lowest BCUT2D eigenvalue weighted by Gasteiger charge is -2.39. The Morgan fingerprint density at radius 2 is 1.81 bits per heavy atom. The molecule has 1 aliphatic rings. The van der Waals surface area contributed by atoms with Gasteiger partial charge in [-0.25, -0.2) is 0 Å². The van der Waals surface area contributed by atoms with Crippen LogP contribution < -0.4 is 10.2 Å². The molecule has 2 aromatic carbocycles. The number of anilines is 1. The minimum absolute atomic E-state index is 0.0339. The third kappa shape index (κ3) is 4.35. The minimum atomic E-state index is -0.225. The maximum absolute atomic E-state index is 12.3. The molecule has 0 bridgehead atoms. The number of nitrogens with one attached hydrogen (secondary N) is 1. The largest absolute Gasteiger partial charge is 0.507 e. The van der Waals surface area contributed by atoms with Crippen molar-refractivity contribution in [3.05, 3.63) is 59.7 Å². The molecule has 5 nitrogen and oxygen atoms in total. The van der Waals surface area contributed by atoms with E-state index in [4.69, 9.17) is 0 Å². The summed E-state index contributed by atoms with van der Waals surface area (Å²) >= 11 is 0. The molecule has 5 heteroatoms. The molecule has 1 unspecified atom stereocenters. The summed E-state index contributed by atoms with van der Waals surface area (Å²) in [5.74, 6) is -0.191. The zero-order valence-electron chi connectivity index (χ0n) is 15.5. The smallest absolute Gasteiger partial charge is 0.255 e. The molecule has 2 N–H and O–H groups in total. The van der Waals surface area contributed by atoms with E-state index in [1.165, 1.54) is 5.69 Å². The van der Waals surface area contributed by atoms with Crippen LogP contribution in [0.4, 0.5) is 5.69 Å². The van der Waals surface area contributed by atoms with Crippen LogP contribution in [0.1, 0.15) is 22.8 Å². The molecule has 0 radical (unpaired) electrons. The Bertz CT molecular complexity index is 740. The Hall–Kier alpha value is -2.53. The van der Waals surface area contributed by atoms with Crippen LogP contribution in [0.5, 0.6) is 5.75 Å². The van der Waals surface area contributed by atoms with Gasteiger partial charge in [0.1, 0.15) is 5.75 Å². The van der Waals surface area contributed by atoms with E-state index in [9.17, 15) is 9.90 Å². The van der Waals surface area contributed by atoms with Crippen LogP contribution >= 0.6 is 0 Å². The van der Waals surface area contributed by atoms with Crippen LogP contribution in [0.15, 0.2) is 48.5 Å². The molecule has 0 aliphatic carbocycles. The molecule has 26 heavy (non-hydrogen) atoms. The van der Waals surface area contributed by atoms with Crippen molar-refractivity contribution < 1.29 is 9.90 Å². The fourth-order valence-electron chi connectivity index (χ4n) is 3.36. The van der Waals surface area contributed by atoms with E-state index in [0.717, 1.165) is 31.7 Å². The molecule has 1 saturated heterocycles. The fraction of sp³-hybridized carbons (Fsp3) is 0.381. The Morgan fingerprint density at radius 3 is 2.46 bits per heavy atom. The van der Waals surface area contributed by atoms with E-state index in [1.807, 2.05) is 19.1 Å². The molecule has 138 valence electrons. The van der Waals surface area contributed by atoms with E-state index in [2.05, 4.69) is 46.3 Å². The van der Waals surface area contributed by atoms with Crippen molar-refractivity contribution >= 4 is 11.6 Å². The van der Waals surface area contributed by atoms with E-state index in [0.29, 0.717) is 12.1 Å². The lowest BCUT2D eigenvalue weighted by molar-refractivity contribution is 0.0931. The zero-order chi connectivity index (χ0) is 18.5. The number of para-hydroxylation sites is 1. The third-order valence-corrected chi connectivity index (χ3v) is 5.01. The second-order valence-electron chi connectivity index (χ2n) is 6.94. The van der Waals surface area contributed by atoms with Crippen molar-refractivity contribution in [3.63, 3.8) is 0 Å². The molecule has 0 spiro atoms. The summed E-state index contributed by atoms with van der Waals surface area (Å²) in [5.41, 5.74) is 2.53. The second-order valence-corrected chi connectivity index (χ2v) is 6.94. The average Bonchev–Trinajstić information content (AvgIpc) is 2.66. The number of piperazine rings is 1. The summed E-state index contributed by atoms with van der Waals surface area (Å²) < 4.78 is 0. The predicted molar refractivity (Wildman–Crippen MR) is 105 cm³/mol. The summed E-state index contributed by atoms with van der Waals surface area (Å²) in [6, 6.07) is 15.8. The van der Waals surface area contributed by atoms with Gasteiger partial charge in [0.25, 0.3) is 5.91 Å². The molecule has 0 aromatic heterocycles. The fourth-order valence-corrected chi connectivity index (χ4v) is 3.36. The normalized spacial score (nSPS) is 16.3. The lowest BCUT2D eigenvalue weighted by Crippen LogP contribution is -2.52. The molecular weight excluding hydrogens is 326 g/mol. The number of amides is 1. The van der Waals surface area contributed by atoms with Crippen molar-refractivity contribution in [1.29, 1.82) is 0 Å². The van der Waals surface area contributed by atoms with Gasteiger partial charge in [-0.3, -0.25) is 9.69 Å². The van der Waals surface area contributed by atoms with Crippen molar-refractivity contribution in [2.75, 3.05) is 37.6 Å². The summed E-state index contributed by atoms with van der Waals surface area (Å²) in [5, 5.41) is 12.9. The van der Waals surface area contributed by atoms with Crippen molar-refractivity contribution in [1.82, 2.24) is 10.2 Å². The maximum atomic E-state index is 12.3. The number of carbonyl (C=O) groups is 1. The number of rotatable bonds is 5. The van der Waals surface area contributed by atoms with Gasteiger partial charge >= 0.3 is 0 Å². The number of nitrogens with zero attached hydrogens (tertiary/aromatic N) is 2. The molecule has 1 aliphatic heterocycles. The van der Waals surface area contributed by atoms with Gasteiger partial charge in [0.05, 0.1) is 5.56 Å². The Labute approximate surface area is 155 Å². The highest BCUT2D eigenvalue weighted by molar-refractivity contribution is 5.96. The standard InChI is InChI=1S/C21H27N3O2/c1-16-8-9-19(20(25)14-16)21(26)22-15-17(2)23-10-12-24(13-11-23)18-6-4-3-5-7-18/h3-9,14,17,25H,10-13,15H2,1-2H3,(H,22,26). The molecule has 2 aromatic rings. The topological polar surface area (TPSA) is 55.8 Å². The van der Waals surface area contributed by atoms with Crippen molar-refractivity contribution in [3.8, 4) is 5.75 Å². The molecule has 1 amide bonds. The third-order valence-electron chi connectivity index (χ3n) is 5.01. The van der Waals surface area contributed by atoms with Gasteiger partial charge in [0, 0.05) is 44.5 Å². The first-order chi connectivity index (χ1) is 12.5. The number of carbonyl (C=O) groups excluding carboxylic acids is 1. The Morgan fingerprint density at radius 1 is 1.12 bits per heavy atom. The van der Waals surface area contributed by atoms with Gasteiger partial charge in [0.2, 0.25) is 0 Å². The van der Waals surface area contributed by atoms with Gasteiger partial charge in [0.15, 0.2) is 0 Å². The molecule has 1 atom stereocenters. The minimum Gasteiger partial charge on any atom is -0.507 e. The SMILES string of the molecule is Cc1ccc(C(=O)NCC(C)N2CCN(c3ccccc3)CC2)c(O)c1. The van der Waals surface area contributed by atoms with Crippen LogP contribution in [0.3, 0.4) is 0 Å². The number of aromatic hydroxyl groups is 1. The quantitative estimate of drug-likeness (QED) is 0.868. The predicted octanol–water partition coefficient (Wildman–Crippen LogP) is 2.64. The van der Waals surface area contributed by atoms with E-state index in [1.54, 1.807) is 12.1 Å². The molecule has 3 rings (SSSR count). The van der Waals surface area contributed by atoms with Crippen LogP contribution in [0.25, 0.3) is 0 Å². The highest BCUT2D eigenvalue weighted by Crippen LogP contribution is 2.19. The first kappa shape index (κ1) is 18.3. The average molecular weight is 353 g/mol. The summed E-state index contributed by atoms with van der Waals surface area (Å²) in [6.45, 7) is 8.51.